The lowest BCUT2D eigenvalue weighted by molar-refractivity contribution is -0.141. The van der Waals surface area contributed by atoms with E-state index < -0.39 is 11.9 Å². The molecule has 1 nitrogen and oxygen atoms in total. The number of aromatic nitrogens is 1. The second-order valence-electron chi connectivity index (χ2n) is 1.25. The number of hydrogen-bond donors (Lipinski definition) is 1. The first-order valence-corrected chi connectivity index (χ1v) is 2.68. The second kappa shape index (κ2) is 1.51. The Morgan fingerprint density at radius 1 is 1.50 bits per heavy atom. The topological polar surface area (TPSA) is 15.8 Å². The van der Waals surface area contributed by atoms with Crippen LogP contribution in [0.5, 0.6) is 0 Å². The molecule has 1 aromatic heterocycles. The van der Waals surface area contributed by atoms with E-state index in [1.54, 1.807) is 0 Å². The zero-order valence-corrected chi connectivity index (χ0v) is 4.44. The summed E-state index contributed by atoms with van der Waals surface area (Å²) in [7, 11) is 0. The number of halogens is 3. The number of alkyl halides is 3. The average Bonchev–Trinajstić information content (AvgIpc) is 1.16. The minimum atomic E-state index is -4.18. The van der Waals surface area contributed by atoms with Gasteiger partial charge in [-0.25, -0.2) is 0 Å². The van der Waals surface area contributed by atoms with Gasteiger partial charge < -0.3 is 4.37 Å². The van der Waals surface area contributed by atoms with Gasteiger partial charge in [-0.05, 0) is 0 Å². The van der Waals surface area contributed by atoms with Gasteiger partial charge in [0.1, 0.15) is 5.69 Å². The predicted molar refractivity (Wildman–Crippen MR) is 23.7 cm³/mol. The van der Waals surface area contributed by atoms with Crippen LogP contribution in [0.3, 0.4) is 0 Å². The Morgan fingerprint density at radius 3 is 2.00 bits per heavy atom. The van der Waals surface area contributed by atoms with E-state index in [0.717, 1.165) is 16.9 Å². The Kier molecular flexibility index (Phi) is 1.07. The Bertz CT molecular complexity index is 153. The molecular formula is C3H2F3NS. The van der Waals surface area contributed by atoms with Crippen molar-refractivity contribution in [1.29, 1.82) is 0 Å². The van der Waals surface area contributed by atoms with Gasteiger partial charge >= 0.3 is 6.18 Å². The average molecular weight is 141 g/mol. The van der Waals surface area contributed by atoms with E-state index in [9.17, 15) is 13.2 Å². The fraction of sp³-hybridized carbons (Fsp3) is 0.333. The molecule has 1 rings (SSSR count). The molecule has 0 aliphatic rings. The first kappa shape index (κ1) is 5.68. The van der Waals surface area contributed by atoms with Crippen molar-refractivity contribution in [1.82, 2.24) is 4.37 Å². The molecule has 0 saturated heterocycles. The smallest absolute Gasteiger partial charge is 0.306 e. The minimum Gasteiger partial charge on any atom is -0.306 e. The molecule has 0 fully saturated rings. The molecule has 1 heterocycles. The molecule has 0 bridgehead atoms. The van der Waals surface area contributed by atoms with Gasteiger partial charge in [-0.15, -0.1) is 0 Å². The minimum absolute atomic E-state index is 0.650. The third-order valence-corrected chi connectivity index (χ3v) is 1.34. The maximum absolute atomic E-state index is 11.4. The highest BCUT2D eigenvalue weighted by Crippen LogP contribution is 2.29. The van der Waals surface area contributed by atoms with Crippen molar-refractivity contribution in [2.45, 2.75) is 6.18 Å². The van der Waals surface area contributed by atoms with Crippen LogP contribution in [-0.2, 0) is 6.18 Å². The van der Waals surface area contributed by atoms with Gasteiger partial charge in [0.15, 0.2) is 0 Å². The van der Waals surface area contributed by atoms with Crippen LogP contribution in [-0.4, -0.2) is 4.37 Å². The first-order chi connectivity index (χ1) is 3.61. The number of hydrogen-bond acceptors (Lipinski definition) is 1. The maximum Gasteiger partial charge on any atom is 0.432 e. The molecule has 0 saturated carbocycles. The summed E-state index contributed by atoms with van der Waals surface area (Å²) in [5.74, 6) is 0. The van der Waals surface area contributed by atoms with Crippen molar-refractivity contribution in [3.05, 3.63) is 11.1 Å². The number of H-pyrrole nitrogens is 1. The predicted octanol–water partition coefficient (Wildman–Crippen LogP) is 2.10. The van der Waals surface area contributed by atoms with Crippen molar-refractivity contribution in [2.24, 2.45) is 0 Å². The Balaban J connectivity index is 2.71. The highest BCUT2D eigenvalue weighted by molar-refractivity contribution is 7.04. The molecule has 1 N–H and O–H groups in total. The van der Waals surface area contributed by atoms with Crippen LogP contribution in [0.25, 0.3) is 0 Å². The Hall–Kier alpha value is -0.450. The van der Waals surface area contributed by atoms with Gasteiger partial charge in [0.05, 0.1) is 0 Å². The van der Waals surface area contributed by atoms with E-state index in [0.29, 0.717) is 0 Å². The van der Waals surface area contributed by atoms with Crippen LogP contribution in [0.2, 0.25) is 0 Å². The van der Waals surface area contributed by atoms with Crippen molar-refractivity contribution in [3.63, 3.8) is 0 Å². The molecule has 0 amide bonds. The SMILES string of the molecule is FC(F)(F)c1cs[nH]1. The summed E-state index contributed by atoms with van der Waals surface area (Å²) in [6, 6.07) is 0. The van der Waals surface area contributed by atoms with Crippen LogP contribution < -0.4 is 0 Å². The third kappa shape index (κ3) is 0.861. The number of rotatable bonds is 0. The molecule has 1 aromatic rings. The summed E-state index contributed by atoms with van der Waals surface area (Å²) in [5, 5.41) is 1.03. The van der Waals surface area contributed by atoms with Gasteiger partial charge in [0, 0.05) is 5.38 Å². The number of aromatic amines is 1. The molecule has 0 spiro atoms. The molecule has 0 radical (unpaired) electrons. The quantitative estimate of drug-likeness (QED) is 0.569. The molecule has 0 aliphatic heterocycles. The van der Waals surface area contributed by atoms with E-state index in [-0.39, 0.29) is 0 Å². The van der Waals surface area contributed by atoms with Gasteiger partial charge in [-0.2, -0.15) is 13.2 Å². The molecule has 5 heteroatoms. The molecule has 0 unspecified atom stereocenters. The molecule has 46 valence electrons. The molecule has 0 aliphatic carbocycles. The van der Waals surface area contributed by atoms with E-state index in [4.69, 9.17) is 0 Å². The summed E-state index contributed by atoms with van der Waals surface area (Å²) in [6.07, 6.45) is -4.18. The molecule has 0 aromatic carbocycles. The summed E-state index contributed by atoms with van der Waals surface area (Å²) in [5.41, 5.74) is -0.650. The van der Waals surface area contributed by atoms with Crippen LogP contribution >= 0.6 is 11.5 Å². The molecular weight excluding hydrogens is 139 g/mol. The summed E-state index contributed by atoms with van der Waals surface area (Å²) >= 11 is 0.940. The fourth-order valence-corrected chi connectivity index (χ4v) is 0.728. The standard InChI is InChI=1S/C3H2F3NS/c4-3(5,6)2-1-8-7-2/h1,7H. The molecule has 0 atom stereocenters. The van der Waals surface area contributed by atoms with Crippen LogP contribution in [0, 0.1) is 0 Å². The third-order valence-electron chi connectivity index (χ3n) is 0.651. The van der Waals surface area contributed by atoms with Crippen LogP contribution in [0.1, 0.15) is 5.69 Å². The zero-order valence-electron chi connectivity index (χ0n) is 3.62. The number of nitrogens with one attached hydrogen (secondary N) is 1. The van der Waals surface area contributed by atoms with E-state index in [2.05, 4.69) is 0 Å². The van der Waals surface area contributed by atoms with Gasteiger partial charge in [-0.1, -0.05) is 11.5 Å². The lowest BCUT2D eigenvalue weighted by atomic mass is 10.5. The monoisotopic (exact) mass is 141 g/mol. The lowest BCUT2D eigenvalue weighted by Gasteiger charge is -2.05. The lowest BCUT2D eigenvalue weighted by Crippen LogP contribution is -2.07. The highest BCUT2D eigenvalue weighted by atomic mass is 32.1. The van der Waals surface area contributed by atoms with Gasteiger partial charge in [0.25, 0.3) is 0 Å². The van der Waals surface area contributed by atoms with Crippen molar-refractivity contribution in [3.8, 4) is 0 Å². The van der Waals surface area contributed by atoms with Crippen molar-refractivity contribution in [2.75, 3.05) is 0 Å². The largest absolute Gasteiger partial charge is 0.432 e. The van der Waals surface area contributed by atoms with E-state index in [1.165, 1.54) is 0 Å². The summed E-state index contributed by atoms with van der Waals surface area (Å²) < 4.78 is 36.1. The Morgan fingerprint density at radius 2 is 2.00 bits per heavy atom. The van der Waals surface area contributed by atoms with Crippen molar-refractivity contribution >= 4 is 11.5 Å². The van der Waals surface area contributed by atoms with Gasteiger partial charge in [-0.3, -0.25) is 0 Å². The summed E-state index contributed by atoms with van der Waals surface area (Å²) in [4.78, 5) is 0. The normalized spacial score (nSPS) is 12.4. The maximum atomic E-state index is 11.4. The van der Waals surface area contributed by atoms with Crippen molar-refractivity contribution < 1.29 is 13.2 Å². The van der Waals surface area contributed by atoms with Crippen LogP contribution in [0.4, 0.5) is 13.2 Å². The Labute approximate surface area is 47.3 Å². The van der Waals surface area contributed by atoms with Gasteiger partial charge in [0.2, 0.25) is 0 Å². The first-order valence-electron chi connectivity index (χ1n) is 1.80. The summed E-state index contributed by atoms with van der Waals surface area (Å²) in [6.45, 7) is 0. The fourth-order valence-electron chi connectivity index (χ4n) is 0.243. The van der Waals surface area contributed by atoms with E-state index >= 15 is 0 Å². The van der Waals surface area contributed by atoms with Crippen LogP contribution in [0.15, 0.2) is 5.38 Å². The zero-order chi connectivity index (χ0) is 6.20. The second-order valence-corrected chi connectivity index (χ2v) is 1.92. The highest BCUT2D eigenvalue weighted by Gasteiger charge is 2.32. The van der Waals surface area contributed by atoms with E-state index in [1.807, 2.05) is 4.37 Å². The molecule has 8 heavy (non-hydrogen) atoms.